The van der Waals surface area contributed by atoms with Crippen LogP contribution in [0.4, 0.5) is 13.2 Å². The first-order valence-corrected chi connectivity index (χ1v) is 7.99. The van der Waals surface area contributed by atoms with Gasteiger partial charge in [0.2, 0.25) is 0 Å². The summed E-state index contributed by atoms with van der Waals surface area (Å²) in [6.45, 7) is 3.82. The molecule has 128 valence electrons. The van der Waals surface area contributed by atoms with Crippen LogP contribution in [0, 0.1) is 17.5 Å². The minimum Gasteiger partial charge on any atom is -0.462 e. The van der Waals surface area contributed by atoms with Crippen molar-refractivity contribution >= 4 is 5.97 Å². The lowest BCUT2D eigenvalue weighted by Gasteiger charge is -2.06. The highest BCUT2D eigenvalue weighted by atomic mass is 19.2. The number of esters is 1. The molecule has 5 heteroatoms. The Balaban J connectivity index is 2.15. The molecule has 0 atom stereocenters. The first-order valence-electron chi connectivity index (χ1n) is 7.99. The van der Waals surface area contributed by atoms with E-state index in [1.54, 1.807) is 0 Å². The largest absolute Gasteiger partial charge is 0.462 e. The Hall–Kier alpha value is -1.78. The number of unbranched alkanes of at least 4 members (excludes halogenated alkanes) is 7. The summed E-state index contributed by atoms with van der Waals surface area (Å²) in [6.07, 6.45) is 10.3. The van der Waals surface area contributed by atoms with Crippen molar-refractivity contribution in [3.05, 3.63) is 47.8 Å². The molecule has 0 N–H and O–H groups in total. The Labute approximate surface area is 135 Å². The lowest BCUT2D eigenvalue weighted by molar-refractivity contribution is 0.0491. The fourth-order valence-corrected chi connectivity index (χ4v) is 2.20. The third kappa shape index (κ3) is 6.89. The summed E-state index contributed by atoms with van der Waals surface area (Å²) in [5.74, 6) is -5.46. The molecule has 1 aromatic rings. The highest BCUT2D eigenvalue weighted by molar-refractivity contribution is 5.89. The van der Waals surface area contributed by atoms with E-state index in [-0.39, 0.29) is 6.61 Å². The molecule has 1 aromatic carbocycles. The summed E-state index contributed by atoms with van der Waals surface area (Å²) in [4.78, 5) is 11.6. The van der Waals surface area contributed by atoms with Crippen molar-refractivity contribution in [1.29, 1.82) is 0 Å². The zero-order valence-electron chi connectivity index (χ0n) is 13.3. The SMILES string of the molecule is C=CCCCCCCCCCOC(=O)c1ccc(F)c(F)c1F. The summed E-state index contributed by atoms with van der Waals surface area (Å²) in [5.41, 5.74) is -0.578. The molecule has 0 heterocycles. The van der Waals surface area contributed by atoms with E-state index in [0.717, 1.165) is 31.7 Å². The van der Waals surface area contributed by atoms with Crippen molar-refractivity contribution in [2.45, 2.75) is 51.4 Å². The fourth-order valence-electron chi connectivity index (χ4n) is 2.20. The van der Waals surface area contributed by atoms with Crippen LogP contribution in [0.15, 0.2) is 24.8 Å². The fraction of sp³-hybridized carbons (Fsp3) is 0.500. The molecule has 0 aliphatic heterocycles. The number of halogens is 3. The number of allylic oxidation sites excluding steroid dienone is 1. The highest BCUT2D eigenvalue weighted by Crippen LogP contribution is 2.16. The van der Waals surface area contributed by atoms with Gasteiger partial charge >= 0.3 is 5.97 Å². The van der Waals surface area contributed by atoms with Crippen LogP contribution in [0.25, 0.3) is 0 Å². The summed E-state index contributed by atoms with van der Waals surface area (Å²) in [6, 6.07) is 1.60. The molecule has 0 radical (unpaired) electrons. The van der Waals surface area contributed by atoms with Crippen LogP contribution in [-0.2, 0) is 4.74 Å². The molecule has 0 aliphatic carbocycles. The maximum Gasteiger partial charge on any atom is 0.341 e. The standard InChI is InChI=1S/C18H23F3O2/c1-2-3-4-5-6-7-8-9-10-13-23-18(22)14-11-12-15(19)17(21)16(14)20/h2,11-12H,1,3-10,13H2. The van der Waals surface area contributed by atoms with E-state index in [4.69, 9.17) is 4.74 Å². The third-order valence-corrected chi connectivity index (χ3v) is 3.54. The lowest BCUT2D eigenvalue weighted by Crippen LogP contribution is -2.10. The second-order valence-corrected chi connectivity index (χ2v) is 5.41. The predicted molar refractivity (Wildman–Crippen MR) is 83.7 cm³/mol. The quantitative estimate of drug-likeness (QED) is 0.230. The zero-order valence-corrected chi connectivity index (χ0v) is 13.3. The van der Waals surface area contributed by atoms with Crippen LogP contribution in [0.5, 0.6) is 0 Å². The van der Waals surface area contributed by atoms with Gasteiger partial charge in [-0.2, -0.15) is 0 Å². The van der Waals surface area contributed by atoms with Gasteiger partial charge in [-0.3, -0.25) is 0 Å². The van der Waals surface area contributed by atoms with E-state index in [1.807, 2.05) is 6.08 Å². The van der Waals surface area contributed by atoms with Gasteiger partial charge in [0.15, 0.2) is 17.5 Å². The number of hydrogen-bond acceptors (Lipinski definition) is 2. The summed E-state index contributed by atoms with van der Waals surface area (Å²) in [5, 5.41) is 0. The topological polar surface area (TPSA) is 26.3 Å². The van der Waals surface area contributed by atoms with Crippen LogP contribution in [-0.4, -0.2) is 12.6 Å². The maximum absolute atomic E-state index is 13.4. The van der Waals surface area contributed by atoms with E-state index in [0.29, 0.717) is 12.5 Å². The number of carbonyl (C=O) groups is 1. The second kappa shape index (κ2) is 10.9. The van der Waals surface area contributed by atoms with Crippen molar-refractivity contribution in [1.82, 2.24) is 0 Å². The van der Waals surface area contributed by atoms with Gasteiger partial charge in [0.1, 0.15) is 0 Å². The van der Waals surface area contributed by atoms with Crippen molar-refractivity contribution in [2.24, 2.45) is 0 Å². The van der Waals surface area contributed by atoms with Gasteiger partial charge in [0.05, 0.1) is 12.2 Å². The van der Waals surface area contributed by atoms with Crippen LogP contribution >= 0.6 is 0 Å². The minimum absolute atomic E-state index is 0.147. The number of hydrogen-bond donors (Lipinski definition) is 0. The van der Waals surface area contributed by atoms with E-state index in [2.05, 4.69) is 6.58 Å². The molecule has 2 nitrogen and oxygen atoms in total. The Morgan fingerprint density at radius 1 is 0.957 bits per heavy atom. The molecule has 0 aliphatic rings. The molecule has 0 fully saturated rings. The number of rotatable bonds is 11. The molecular weight excluding hydrogens is 305 g/mol. The van der Waals surface area contributed by atoms with Crippen LogP contribution < -0.4 is 0 Å². The van der Waals surface area contributed by atoms with Crippen molar-refractivity contribution < 1.29 is 22.7 Å². The lowest BCUT2D eigenvalue weighted by atomic mass is 10.1. The molecule has 23 heavy (non-hydrogen) atoms. The molecule has 0 spiro atoms. The number of ether oxygens (including phenoxy) is 1. The summed E-state index contributed by atoms with van der Waals surface area (Å²) >= 11 is 0. The first-order chi connectivity index (χ1) is 11.1. The molecule has 0 saturated heterocycles. The van der Waals surface area contributed by atoms with E-state index >= 15 is 0 Å². The second-order valence-electron chi connectivity index (χ2n) is 5.41. The molecule has 0 unspecified atom stereocenters. The van der Waals surface area contributed by atoms with E-state index < -0.39 is 29.0 Å². The molecule has 0 aromatic heterocycles. The van der Waals surface area contributed by atoms with Crippen molar-refractivity contribution in [3.8, 4) is 0 Å². The normalized spacial score (nSPS) is 10.6. The molecular formula is C18H23F3O2. The average molecular weight is 328 g/mol. The highest BCUT2D eigenvalue weighted by Gasteiger charge is 2.19. The van der Waals surface area contributed by atoms with Gasteiger partial charge in [-0.25, -0.2) is 18.0 Å². The van der Waals surface area contributed by atoms with Crippen LogP contribution in [0.3, 0.4) is 0 Å². The van der Waals surface area contributed by atoms with E-state index in [1.165, 1.54) is 19.3 Å². The smallest absolute Gasteiger partial charge is 0.341 e. The average Bonchev–Trinajstić information content (AvgIpc) is 2.54. The zero-order chi connectivity index (χ0) is 17.1. The summed E-state index contributed by atoms with van der Waals surface area (Å²) in [7, 11) is 0. The Morgan fingerprint density at radius 2 is 1.57 bits per heavy atom. The van der Waals surface area contributed by atoms with Gasteiger partial charge in [-0.05, 0) is 31.4 Å². The molecule has 0 bridgehead atoms. The summed E-state index contributed by atoms with van der Waals surface area (Å²) < 4.78 is 44.1. The number of benzene rings is 1. The van der Waals surface area contributed by atoms with Gasteiger partial charge in [0.25, 0.3) is 0 Å². The molecule has 1 rings (SSSR count). The minimum atomic E-state index is -1.66. The Bertz CT molecular complexity index is 515. The maximum atomic E-state index is 13.4. The Morgan fingerprint density at radius 3 is 2.22 bits per heavy atom. The Kier molecular flexibility index (Phi) is 9.10. The third-order valence-electron chi connectivity index (χ3n) is 3.54. The predicted octanol–water partition coefficient (Wildman–Crippen LogP) is 5.57. The van der Waals surface area contributed by atoms with Gasteiger partial charge < -0.3 is 4.74 Å². The van der Waals surface area contributed by atoms with Gasteiger partial charge in [-0.1, -0.05) is 38.2 Å². The molecule has 0 saturated carbocycles. The van der Waals surface area contributed by atoms with Gasteiger partial charge in [-0.15, -0.1) is 6.58 Å². The van der Waals surface area contributed by atoms with E-state index in [9.17, 15) is 18.0 Å². The number of carbonyl (C=O) groups excluding carboxylic acids is 1. The molecule has 0 amide bonds. The van der Waals surface area contributed by atoms with Crippen LogP contribution in [0.1, 0.15) is 61.7 Å². The van der Waals surface area contributed by atoms with Gasteiger partial charge in [0, 0.05) is 0 Å². The van der Waals surface area contributed by atoms with Crippen molar-refractivity contribution in [3.63, 3.8) is 0 Å². The van der Waals surface area contributed by atoms with Crippen molar-refractivity contribution in [2.75, 3.05) is 6.61 Å². The monoisotopic (exact) mass is 328 g/mol. The van der Waals surface area contributed by atoms with Crippen LogP contribution in [0.2, 0.25) is 0 Å². The first kappa shape index (κ1) is 19.3.